The molecular formula is C10H16N4O3. The average molecular weight is 240 g/mol. The van der Waals surface area contributed by atoms with Gasteiger partial charge in [0.05, 0.1) is 5.92 Å². The molecule has 7 heteroatoms. The van der Waals surface area contributed by atoms with Gasteiger partial charge in [-0.1, -0.05) is 5.16 Å². The number of nitrogens with two attached hydrogens (primary N) is 1. The summed E-state index contributed by atoms with van der Waals surface area (Å²) in [5.41, 5.74) is 5.90. The van der Waals surface area contributed by atoms with Gasteiger partial charge < -0.3 is 20.7 Å². The molecule has 2 rings (SSSR count). The van der Waals surface area contributed by atoms with Crippen LogP contribution in [0.1, 0.15) is 36.9 Å². The maximum atomic E-state index is 10.7. The van der Waals surface area contributed by atoms with Gasteiger partial charge in [0.25, 0.3) is 0 Å². The standard InChI is InChI=1S/C10H16N4O3/c1-5-12-9(17-14-5)7-4-6(11)2-3-8(7)13-10(15)16/h6-8,13H,2-4,11H2,1H3,(H,15,16)/t6-,7?,8?/m1/s1. The Balaban J connectivity index is 2.16. The van der Waals surface area contributed by atoms with Crippen LogP contribution in [0.25, 0.3) is 0 Å². The molecule has 1 aliphatic carbocycles. The van der Waals surface area contributed by atoms with Crippen molar-refractivity contribution in [3.05, 3.63) is 11.7 Å². The third kappa shape index (κ3) is 2.73. The SMILES string of the molecule is Cc1noc(C2C[C@H](N)CCC2NC(=O)O)n1. The molecule has 4 N–H and O–H groups in total. The summed E-state index contributed by atoms with van der Waals surface area (Å²) < 4.78 is 5.11. The fourth-order valence-corrected chi connectivity index (χ4v) is 2.27. The number of nitrogens with one attached hydrogen (secondary N) is 1. The number of hydrogen-bond acceptors (Lipinski definition) is 5. The van der Waals surface area contributed by atoms with Crippen LogP contribution in [0.4, 0.5) is 4.79 Å². The van der Waals surface area contributed by atoms with E-state index in [-0.39, 0.29) is 18.0 Å². The number of nitrogens with zero attached hydrogens (tertiary/aromatic N) is 2. The molecular weight excluding hydrogens is 224 g/mol. The smallest absolute Gasteiger partial charge is 0.404 e. The summed E-state index contributed by atoms with van der Waals surface area (Å²) in [6.45, 7) is 1.73. The van der Waals surface area contributed by atoms with E-state index in [0.29, 0.717) is 24.6 Å². The van der Waals surface area contributed by atoms with Gasteiger partial charge in [0.2, 0.25) is 5.89 Å². The van der Waals surface area contributed by atoms with Crippen molar-refractivity contribution in [3.8, 4) is 0 Å². The lowest BCUT2D eigenvalue weighted by molar-refractivity contribution is 0.176. The van der Waals surface area contributed by atoms with Crippen molar-refractivity contribution in [2.45, 2.75) is 44.2 Å². The summed E-state index contributed by atoms with van der Waals surface area (Å²) in [5, 5.41) is 15.0. The number of carboxylic acid groups (broad SMARTS) is 1. The van der Waals surface area contributed by atoms with Crippen molar-refractivity contribution in [1.29, 1.82) is 0 Å². The molecule has 7 nitrogen and oxygen atoms in total. The van der Waals surface area contributed by atoms with Crippen LogP contribution in [-0.2, 0) is 0 Å². The van der Waals surface area contributed by atoms with Gasteiger partial charge >= 0.3 is 6.09 Å². The molecule has 1 amide bonds. The molecule has 1 fully saturated rings. The quantitative estimate of drug-likeness (QED) is 0.697. The largest absolute Gasteiger partial charge is 0.465 e. The molecule has 3 atom stereocenters. The third-order valence-corrected chi connectivity index (χ3v) is 3.06. The van der Waals surface area contributed by atoms with E-state index in [9.17, 15) is 4.79 Å². The van der Waals surface area contributed by atoms with Crippen molar-refractivity contribution in [2.75, 3.05) is 0 Å². The first-order valence-electron chi connectivity index (χ1n) is 5.61. The highest BCUT2D eigenvalue weighted by Crippen LogP contribution is 2.31. The molecule has 0 bridgehead atoms. The second-order valence-corrected chi connectivity index (χ2v) is 4.42. The minimum atomic E-state index is -1.04. The molecule has 0 aliphatic heterocycles. The highest BCUT2D eigenvalue weighted by atomic mass is 16.5. The lowest BCUT2D eigenvalue weighted by Gasteiger charge is -2.32. The van der Waals surface area contributed by atoms with Crippen molar-refractivity contribution < 1.29 is 14.4 Å². The molecule has 1 aromatic rings. The highest BCUT2D eigenvalue weighted by Gasteiger charge is 2.34. The van der Waals surface area contributed by atoms with Gasteiger partial charge in [0.1, 0.15) is 0 Å². The van der Waals surface area contributed by atoms with Crippen LogP contribution in [0.3, 0.4) is 0 Å². The molecule has 0 aromatic carbocycles. The van der Waals surface area contributed by atoms with Crippen LogP contribution in [0.2, 0.25) is 0 Å². The van der Waals surface area contributed by atoms with E-state index in [4.69, 9.17) is 15.4 Å². The zero-order valence-electron chi connectivity index (χ0n) is 9.59. The molecule has 1 heterocycles. The maximum Gasteiger partial charge on any atom is 0.404 e. The Kier molecular flexibility index (Phi) is 3.28. The Morgan fingerprint density at radius 2 is 2.35 bits per heavy atom. The summed E-state index contributed by atoms with van der Waals surface area (Å²) in [4.78, 5) is 14.9. The fourth-order valence-electron chi connectivity index (χ4n) is 2.27. The van der Waals surface area contributed by atoms with Crippen molar-refractivity contribution >= 4 is 6.09 Å². The third-order valence-electron chi connectivity index (χ3n) is 3.06. The number of aryl methyl sites for hydroxylation is 1. The zero-order chi connectivity index (χ0) is 12.4. The van der Waals surface area contributed by atoms with Crippen LogP contribution in [0, 0.1) is 6.92 Å². The molecule has 2 unspecified atom stereocenters. The lowest BCUT2D eigenvalue weighted by atomic mass is 9.82. The maximum absolute atomic E-state index is 10.7. The van der Waals surface area contributed by atoms with Crippen molar-refractivity contribution in [3.63, 3.8) is 0 Å². The normalized spacial score (nSPS) is 28.9. The Bertz CT molecular complexity index is 406. The molecule has 1 saturated carbocycles. The van der Waals surface area contributed by atoms with Gasteiger partial charge in [0, 0.05) is 12.1 Å². The van der Waals surface area contributed by atoms with Crippen LogP contribution < -0.4 is 11.1 Å². The Morgan fingerprint density at radius 1 is 1.59 bits per heavy atom. The van der Waals surface area contributed by atoms with Gasteiger partial charge in [-0.15, -0.1) is 0 Å². The average Bonchev–Trinajstić information content (AvgIpc) is 2.67. The number of rotatable bonds is 2. The fraction of sp³-hybridized carbons (Fsp3) is 0.700. The topological polar surface area (TPSA) is 114 Å². The molecule has 0 saturated heterocycles. The summed E-state index contributed by atoms with van der Waals surface area (Å²) >= 11 is 0. The predicted octanol–water partition coefficient (Wildman–Crippen LogP) is 0.609. The van der Waals surface area contributed by atoms with Gasteiger partial charge in [-0.05, 0) is 26.2 Å². The van der Waals surface area contributed by atoms with Crippen molar-refractivity contribution in [1.82, 2.24) is 15.5 Å². The van der Waals surface area contributed by atoms with Gasteiger partial charge in [-0.2, -0.15) is 4.98 Å². The zero-order valence-corrected chi connectivity index (χ0v) is 9.59. The minimum absolute atomic E-state index is 0.0547. The summed E-state index contributed by atoms with van der Waals surface area (Å²) in [7, 11) is 0. The molecule has 1 aromatic heterocycles. The van der Waals surface area contributed by atoms with Crippen LogP contribution >= 0.6 is 0 Å². The second kappa shape index (κ2) is 4.70. The molecule has 17 heavy (non-hydrogen) atoms. The summed E-state index contributed by atoms with van der Waals surface area (Å²) in [6.07, 6.45) is 1.12. The Hall–Kier alpha value is -1.63. The van der Waals surface area contributed by atoms with E-state index in [1.54, 1.807) is 6.92 Å². The monoisotopic (exact) mass is 240 g/mol. The molecule has 1 aliphatic rings. The molecule has 94 valence electrons. The first kappa shape index (κ1) is 11.8. The van der Waals surface area contributed by atoms with Gasteiger partial charge in [-0.3, -0.25) is 0 Å². The van der Waals surface area contributed by atoms with Crippen LogP contribution in [-0.4, -0.2) is 33.4 Å². The number of carbonyl (C=O) groups is 1. The molecule has 0 radical (unpaired) electrons. The lowest BCUT2D eigenvalue weighted by Crippen LogP contribution is -2.45. The Morgan fingerprint density at radius 3 is 2.94 bits per heavy atom. The van der Waals surface area contributed by atoms with Gasteiger partial charge in [0.15, 0.2) is 5.82 Å². The first-order valence-corrected chi connectivity index (χ1v) is 5.61. The van der Waals surface area contributed by atoms with E-state index in [1.165, 1.54) is 0 Å². The van der Waals surface area contributed by atoms with Crippen LogP contribution in [0.15, 0.2) is 4.52 Å². The van der Waals surface area contributed by atoms with E-state index in [1.807, 2.05) is 0 Å². The van der Waals surface area contributed by atoms with E-state index < -0.39 is 6.09 Å². The molecule has 0 spiro atoms. The Labute approximate surface area is 98.4 Å². The van der Waals surface area contributed by atoms with Gasteiger partial charge in [-0.25, -0.2) is 4.79 Å². The van der Waals surface area contributed by atoms with E-state index in [2.05, 4.69) is 15.5 Å². The van der Waals surface area contributed by atoms with Crippen LogP contribution in [0.5, 0.6) is 0 Å². The second-order valence-electron chi connectivity index (χ2n) is 4.42. The summed E-state index contributed by atoms with van der Waals surface area (Å²) in [5.74, 6) is 0.890. The predicted molar refractivity (Wildman–Crippen MR) is 58.6 cm³/mol. The number of aromatic nitrogens is 2. The minimum Gasteiger partial charge on any atom is -0.465 e. The van der Waals surface area contributed by atoms with Crippen molar-refractivity contribution in [2.24, 2.45) is 5.73 Å². The van der Waals surface area contributed by atoms with E-state index >= 15 is 0 Å². The number of hydrogen-bond donors (Lipinski definition) is 3. The number of amides is 1. The first-order chi connectivity index (χ1) is 8.06. The van der Waals surface area contributed by atoms with E-state index in [0.717, 1.165) is 6.42 Å². The summed E-state index contributed by atoms with van der Waals surface area (Å²) in [6, 6.07) is -0.147. The highest BCUT2D eigenvalue weighted by molar-refractivity contribution is 5.65.